The molecular weight excluding hydrogens is 315 g/mol. The molecule has 0 spiro atoms. The van der Waals surface area contributed by atoms with Gasteiger partial charge in [0.15, 0.2) is 5.66 Å². The van der Waals surface area contributed by atoms with E-state index in [1.54, 1.807) is 26.8 Å². The summed E-state index contributed by atoms with van der Waals surface area (Å²) in [5.74, 6) is -0.560. The Morgan fingerprint density at radius 3 is 2.22 bits per heavy atom. The first-order chi connectivity index (χ1) is 11.1. The van der Waals surface area contributed by atoms with E-state index < -0.39 is 19.2 Å². The van der Waals surface area contributed by atoms with E-state index in [0.717, 1.165) is 5.56 Å². The van der Waals surface area contributed by atoms with Crippen molar-refractivity contribution in [1.29, 1.82) is 0 Å². The largest absolute Gasteiger partial charge is 0.465 e. The lowest BCUT2D eigenvalue weighted by Crippen LogP contribution is -2.25. The van der Waals surface area contributed by atoms with Gasteiger partial charge in [0.1, 0.15) is 0 Å². The van der Waals surface area contributed by atoms with Crippen LogP contribution in [0.2, 0.25) is 0 Å². The van der Waals surface area contributed by atoms with Crippen LogP contribution in [0.15, 0.2) is 36.4 Å². The van der Waals surface area contributed by atoms with Crippen molar-refractivity contribution in [2.24, 2.45) is 0 Å². The molecule has 1 rings (SSSR count). The second kappa shape index (κ2) is 10.4. The number of carbonyl (C=O) groups is 1. The lowest BCUT2D eigenvalue weighted by Gasteiger charge is -2.23. The van der Waals surface area contributed by atoms with Gasteiger partial charge in [-0.3, -0.25) is 9.36 Å². The summed E-state index contributed by atoms with van der Waals surface area (Å²) in [6.07, 6.45) is 3.89. The molecule has 0 saturated heterocycles. The van der Waals surface area contributed by atoms with E-state index in [2.05, 4.69) is 0 Å². The van der Waals surface area contributed by atoms with Gasteiger partial charge in [-0.2, -0.15) is 0 Å². The van der Waals surface area contributed by atoms with Crippen LogP contribution in [0.4, 0.5) is 0 Å². The zero-order valence-corrected chi connectivity index (χ0v) is 14.8. The van der Waals surface area contributed by atoms with Crippen LogP contribution in [0.5, 0.6) is 0 Å². The van der Waals surface area contributed by atoms with Gasteiger partial charge >= 0.3 is 13.6 Å². The number of rotatable bonds is 10. The SMILES string of the molecule is CCOC(=O)C(C/C=C/c1ccccc1)P(=O)(OCC)OCC. The minimum Gasteiger partial charge on any atom is -0.465 e. The summed E-state index contributed by atoms with van der Waals surface area (Å²) >= 11 is 0. The maximum Gasteiger partial charge on any atom is 0.345 e. The lowest BCUT2D eigenvalue weighted by atomic mass is 10.2. The van der Waals surface area contributed by atoms with Crippen molar-refractivity contribution >= 4 is 19.6 Å². The van der Waals surface area contributed by atoms with Crippen molar-refractivity contribution in [2.75, 3.05) is 19.8 Å². The Morgan fingerprint density at radius 2 is 1.70 bits per heavy atom. The molecule has 0 aromatic heterocycles. The fourth-order valence-corrected chi connectivity index (χ4v) is 3.93. The molecule has 1 unspecified atom stereocenters. The fourth-order valence-electron chi connectivity index (χ4n) is 2.07. The van der Waals surface area contributed by atoms with Gasteiger partial charge in [-0.15, -0.1) is 0 Å². The predicted molar refractivity (Wildman–Crippen MR) is 91.4 cm³/mol. The highest BCUT2D eigenvalue weighted by Gasteiger charge is 2.41. The van der Waals surface area contributed by atoms with E-state index in [0.29, 0.717) is 0 Å². The molecule has 128 valence electrons. The van der Waals surface area contributed by atoms with E-state index in [1.165, 1.54) is 0 Å². The van der Waals surface area contributed by atoms with E-state index in [9.17, 15) is 9.36 Å². The van der Waals surface area contributed by atoms with Gasteiger partial charge < -0.3 is 13.8 Å². The summed E-state index contributed by atoms with van der Waals surface area (Å²) in [5, 5.41) is 0. The summed E-state index contributed by atoms with van der Waals surface area (Å²) in [6, 6.07) is 9.67. The van der Waals surface area contributed by atoms with Crippen molar-refractivity contribution < 1.29 is 23.1 Å². The van der Waals surface area contributed by atoms with Crippen LogP contribution in [-0.4, -0.2) is 31.4 Å². The summed E-state index contributed by atoms with van der Waals surface area (Å²) in [7, 11) is -3.56. The molecule has 0 N–H and O–H groups in total. The lowest BCUT2D eigenvalue weighted by molar-refractivity contribution is -0.143. The number of benzene rings is 1. The van der Waals surface area contributed by atoms with E-state index >= 15 is 0 Å². The summed E-state index contributed by atoms with van der Waals surface area (Å²) in [6.45, 7) is 5.77. The van der Waals surface area contributed by atoms with Crippen LogP contribution in [0.1, 0.15) is 32.8 Å². The predicted octanol–water partition coefficient (Wildman–Crippen LogP) is 4.29. The molecular formula is C17H25O5P. The number of hydrogen-bond donors (Lipinski definition) is 0. The number of hydrogen-bond acceptors (Lipinski definition) is 5. The minimum absolute atomic E-state index is 0.204. The molecule has 0 aliphatic heterocycles. The monoisotopic (exact) mass is 340 g/mol. The van der Waals surface area contributed by atoms with Gasteiger partial charge in [0.05, 0.1) is 19.8 Å². The number of allylic oxidation sites excluding steroid dienone is 1. The van der Waals surface area contributed by atoms with Gasteiger partial charge in [-0.25, -0.2) is 0 Å². The molecule has 0 aliphatic carbocycles. The summed E-state index contributed by atoms with van der Waals surface area (Å²) < 4.78 is 28.5. The van der Waals surface area contributed by atoms with Gasteiger partial charge in [0.25, 0.3) is 0 Å². The van der Waals surface area contributed by atoms with Crippen molar-refractivity contribution in [1.82, 2.24) is 0 Å². The molecule has 0 saturated carbocycles. The third kappa shape index (κ3) is 6.30. The smallest absolute Gasteiger partial charge is 0.345 e. The Balaban J connectivity index is 2.93. The number of ether oxygens (including phenoxy) is 1. The first kappa shape index (κ1) is 19.6. The average molecular weight is 340 g/mol. The van der Waals surface area contributed by atoms with Crippen LogP contribution in [0.3, 0.4) is 0 Å². The van der Waals surface area contributed by atoms with Gasteiger partial charge in [0, 0.05) is 0 Å². The fraction of sp³-hybridized carbons (Fsp3) is 0.471. The molecule has 0 radical (unpaired) electrons. The highest BCUT2D eigenvalue weighted by molar-refractivity contribution is 7.55. The highest BCUT2D eigenvalue weighted by atomic mass is 31.2. The molecule has 0 fully saturated rings. The van der Waals surface area contributed by atoms with Gasteiger partial charge in [-0.1, -0.05) is 42.5 Å². The highest BCUT2D eigenvalue weighted by Crippen LogP contribution is 2.54. The van der Waals surface area contributed by atoms with Crippen LogP contribution < -0.4 is 0 Å². The minimum atomic E-state index is -3.56. The van der Waals surface area contributed by atoms with E-state index in [4.69, 9.17) is 13.8 Å². The van der Waals surface area contributed by atoms with Crippen LogP contribution in [0, 0.1) is 0 Å². The maximum atomic E-state index is 12.9. The Bertz CT molecular complexity index is 531. The van der Waals surface area contributed by atoms with Crippen LogP contribution in [0.25, 0.3) is 6.08 Å². The maximum absolute atomic E-state index is 12.9. The normalized spacial score (nSPS) is 13.2. The molecule has 1 atom stereocenters. The Kier molecular flexibility index (Phi) is 8.85. The van der Waals surface area contributed by atoms with Crippen molar-refractivity contribution in [2.45, 2.75) is 32.9 Å². The Hall–Kier alpha value is -1.42. The average Bonchev–Trinajstić information content (AvgIpc) is 2.53. The van der Waals surface area contributed by atoms with E-state index in [-0.39, 0.29) is 26.2 Å². The first-order valence-corrected chi connectivity index (χ1v) is 9.45. The Morgan fingerprint density at radius 1 is 1.09 bits per heavy atom. The molecule has 1 aromatic rings. The van der Waals surface area contributed by atoms with Gasteiger partial charge in [-0.05, 0) is 32.8 Å². The number of carbonyl (C=O) groups excluding carboxylic acids is 1. The van der Waals surface area contributed by atoms with Crippen molar-refractivity contribution in [3.63, 3.8) is 0 Å². The van der Waals surface area contributed by atoms with E-state index in [1.807, 2.05) is 36.4 Å². The zero-order valence-electron chi connectivity index (χ0n) is 13.9. The number of esters is 1. The molecule has 5 nitrogen and oxygen atoms in total. The zero-order chi connectivity index (χ0) is 17.1. The third-order valence-corrected chi connectivity index (χ3v) is 5.45. The Labute approximate surface area is 138 Å². The topological polar surface area (TPSA) is 61.8 Å². The molecule has 6 heteroatoms. The van der Waals surface area contributed by atoms with Crippen molar-refractivity contribution in [3.8, 4) is 0 Å². The molecule has 23 heavy (non-hydrogen) atoms. The van der Waals surface area contributed by atoms with Crippen molar-refractivity contribution in [3.05, 3.63) is 42.0 Å². The quantitative estimate of drug-likeness (QED) is 0.470. The standard InChI is InChI=1S/C17H25O5P/c1-4-20-17(18)16(23(19,21-5-2)22-6-3)14-10-13-15-11-8-7-9-12-15/h7-13,16H,4-6,14H2,1-3H3/b13-10+. The molecule has 0 bridgehead atoms. The molecule has 0 heterocycles. The second-order valence-electron chi connectivity index (χ2n) is 4.69. The van der Waals surface area contributed by atoms with Crippen LogP contribution >= 0.6 is 7.60 Å². The third-order valence-electron chi connectivity index (χ3n) is 3.03. The van der Waals surface area contributed by atoms with Gasteiger partial charge in [0.2, 0.25) is 0 Å². The molecule has 0 aliphatic rings. The second-order valence-corrected chi connectivity index (χ2v) is 6.91. The molecule has 0 amide bonds. The molecule has 1 aromatic carbocycles. The first-order valence-electron chi connectivity index (χ1n) is 7.84. The summed E-state index contributed by atoms with van der Waals surface area (Å²) in [5.41, 5.74) is 0.0417. The summed E-state index contributed by atoms with van der Waals surface area (Å²) in [4.78, 5) is 12.2. The van der Waals surface area contributed by atoms with Crippen LogP contribution in [-0.2, 0) is 23.1 Å².